The second kappa shape index (κ2) is 7.43. The van der Waals surface area contributed by atoms with Gasteiger partial charge in [-0.2, -0.15) is 0 Å². The minimum absolute atomic E-state index is 0.173. The van der Waals surface area contributed by atoms with Gasteiger partial charge >= 0.3 is 0 Å². The third-order valence-electron chi connectivity index (χ3n) is 3.21. The lowest BCUT2D eigenvalue weighted by molar-refractivity contribution is -0.941. The first-order valence-electron chi connectivity index (χ1n) is 6.37. The van der Waals surface area contributed by atoms with Crippen molar-refractivity contribution in [3.8, 4) is 0 Å². The van der Waals surface area contributed by atoms with E-state index in [9.17, 15) is 10.2 Å². The number of quaternary nitrogens is 1. The number of rotatable bonds is 8. The predicted octanol–water partition coefficient (Wildman–Crippen LogP) is 1.40. The molecule has 2 N–H and O–H groups in total. The molecule has 0 fully saturated rings. The van der Waals surface area contributed by atoms with E-state index in [1.807, 2.05) is 18.2 Å². The number of benzene rings is 1. The SMILES string of the molecule is CCC[N+](CCO)(CCO)Cc1ccccc1. The molecule has 0 saturated carbocycles. The maximum Gasteiger partial charge on any atom is 0.104 e. The number of nitrogens with zero attached hydrogens (tertiary/aromatic N) is 1. The molecule has 0 heterocycles. The summed E-state index contributed by atoms with van der Waals surface area (Å²) in [5.41, 5.74) is 1.27. The molecule has 17 heavy (non-hydrogen) atoms. The lowest BCUT2D eigenvalue weighted by atomic mass is 10.1. The minimum Gasteiger partial charge on any atom is -0.391 e. The largest absolute Gasteiger partial charge is 0.391 e. The van der Waals surface area contributed by atoms with Crippen LogP contribution in [-0.4, -0.2) is 47.5 Å². The topological polar surface area (TPSA) is 40.5 Å². The van der Waals surface area contributed by atoms with Crippen LogP contribution in [0.3, 0.4) is 0 Å². The molecule has 96 valence electrons. The number of aliphatic hydroxyl groups is 2. The van der Waals surface area contributed by atoms with Crippen molar-refractivity contribution in [1.29, 1.82) is 0 Å². The van der Waals surface area contributed by atoms with Crippen LogP contribution in [0, 0.1) is 0 Å². The fourth-order valence-corrected chi connectivity index (χ4v) is 2.44. The Morgan fingerprint density at radius 1 is 0.941 bits per heavy atom. The molecule has 0 bridgehead atoms. The monoisotopic (exact) mass is 238 g/mol. The van der Waals surface area contributed by atoms with Crippen molar-refractivity contribution >= 4 is 0 Å². The van der Waals surface area contributed by atoms with Gasteiger partial charge in [0.25, 0.3) is 0 Å². The summed E-state index contributed by atoms with van der Waals surface area (Å²) in [6.45, 7) is 5.80. The van der Waals surface area contributed by atoms with Crippen LogP contribution < -0.4 is 0 Å². The van der Waals surface area contributed by atoms with E-state index in [4.69, 9.17) is 0 Å². The van der Waals surface area contributed by atoms with E-state index >= 15 is 0 Å². The number of hydrogen-bond acceptors (Lipinski definition) is 2. The van der Waals surface area contributed by atoms with Crippen molar-refractivity contribution in [2.24, 2.45) is 0 Å². The van der Waals surface area contributed by atoms with Gasteiger partial charge in [0.2, 0.25) is 0 Å². The van der Waals surface area contributed by atoms with Crippen LogP contribution in [0.1, 0.15) is 18.9 Å². The highest BCUT2D eigenvalue weighted by Gasteiger charge is 2.25. The first kappa shape index (κ1) is 14.2. The molecule has 0 unspecified atom stereocenters. The van der Waals surface area contributed by atoms with Gasteiger partial charge in [0.05, 0.1) is 19.8 Å². The molecule has 1 aromatic carbocycles. The second-order valence-electron chi connectivity index (χ2n) is 4.60. The molecule has 0 spiro atoms. The zero-order chi connectivity index (χ0) is 12.6. The summed E-state index contributed by atoms with van der Waals surface area (Å²) in [6, 6.07) is 10.3. The van der Waals surface area contributed by atoms with Crippen LogP contribution in [0.4, 0.5) is 0 Å². The standard InChI is InChI=1S/C14H24NO2/c1-2-8-15(9-11-16,10-12-17)13-14-6-4-3-5-7-14/h3-7,16-17H,2,8-13H2,1H3/q+1. The van der Waals surface area contributed by atoms with Gasteiger partial charge in [-0.3, -0.25) is 0 Å². The molecule has 0 saturated heterocycles. The molecule has 3 heteroatoms. The van der Waals surface area contributed by atoms with Gasteiger partial charge in [0.1, 0.15) is 19.6 Å². The van der Waals surface area contributed by atoms with Crippen LogP contribution in [0.2, 0.25) is 0 Å². The van der Waals surface area contributed by atoms with Gasteiger partial charge in [0.15, 0.2) is 0 Å². The Balaban J connectivity index is 2.80. The van der Waals surface area contributed by atoms with Gasteiger partial charge in [-0.05, 0) is 6.42 Å². The summed E-state index contributed by atoms with van der Waals surface area (Å²) in [6.07, 6.45) is 1.06. The Kier molecular flexibility index (Phi) is 6.19. The van der Waals surface area contributed by atoms with Gasteiger partial charge in [-0.25, -0.2) is 0 Å². The first-order chi connectivity index (χ1) is 8.26. The molecule has 0 aliphatic heterocycles. The van der Waals surface area contributed by atoms with Crippen molar-refractivity contribution in [3.63, 3.8) is 0 Å². The molecule has 1 rings (SSSR count). The van der Waals surface area contributed by atoms with Crippen molar-refractivity contribution in [2.75, 3.05) is 32.8 Å². The fourth-order valence-electron chi connectivity index (χ4n) is 2.44. The Bertz CT molecular complexity index is 283. The Hall–Kier alpha value is -0.900. The highest BCUT2D eigenvalue weighted by molar-refractivity contribution is 5.13. The van der Waals surface area contributed by atoms with Crippen molar-refractivity contribution in [2.45, 2.75) is 19.9 Å². The number of hydrogen-bond donors (Lipinski definition) is 2. The molecule has 0 aromatic heterocycles. The third kappa shape index (κ3) is 4.46. The van der Waals surface area contributed by atoms with Crippen molar-refractivity contribution < 1.29 is 14.7 Å². The van der Waals surface area contributed by atoms with Crippen LogP contribution in [0.15, 0.2) is 30.3 Å². The summed E-state index contributed by atoms with van der Waals surface area (Å²) in [7, 11) is 0. The van der Waals surface area contributed by atoms with Gasteiger partial charge < -0.3 is 14.7 Å². The van der Waals surface area contributed by atoms with Crippen LogP contribution in [0.5, 0.6) is 0 Å². The smallest absolute Gasteiger partial charge is 0.104 e. The van der Waals surface area contributed by atoms with Gasteiger partial charge in [-0.15, -0.1) is 0 Å². The zero-order valence-corrected chi connectivity index (χ0v) is 10.7. The normalized spacial score (nSPS) is 11.7. The lowest BCUT2D eigenvalue weighted by Crippen LogP contribution is -2.51. The maximum absolute atomic E-state index is 9.24. The molecule has 0 amide bonds. The van der Waals surface area contributed by atoms with E-state index in [-0.39, 0.29) is 13.2 Å². The molecular formula is C14H24NO2+. The fraction of sp³-hybridized carbons (Fsp3) is 0.571. The first-order valence-corrected chi connectivity index (χ1v) is 6.37. The van der Waals surface area contributed by atoms with E-state index in [1.165, 1.54) is 5.56 Å². The molecule has 0 atom stereocenters. The summed E-state index contributed by atoms with van der Waals surface area (Å²) in [5.74, 6) is 0. The van der Waals surface area contributed by atoms with Crippen LogP contribution in [-0.2, 0) is 6.54 Å². The summed E-state index contributed by atoms with van der Waals surface area (Å²) in [4.78, 5) is 0. The summed E-state index contributed by atoms with van der Waals surface area (Å²) in [5, 5.41) is 18.5. The van der Waals surface area contributed by atoms with E-state index in [2.05, 4.69) is 19.1 Å². The molecular weight excluding hydrogens is 214 g/mol. The Morgan fingerprint density at radius 3 is 2.00 bits per heavy atom. The predicted molar refractivity (Wildman–Crippen MR) is 69.5 cm³/mol. The lowest BCUT2D eigenvalue weighted by Gasteiger charge is -2.37. The number of aliphatic hydroxyl groups excluding tert-OH is 2. The third-order valence-corrected chi connectivity index (χ3v) is 3.21. The minimum atomic E-state index is 0.173. The zero-order valence-electron chi connectivity index (χ0n) is 10.7. The molecule has 1 aromatic rings. The van der Waals surface area contributed by atoms with E-state index < -0.39 is 0 Å². The van der Waals surface area contributed by atoms with E-state index in [0.29, 0.717) is 13.1 Å². The molecule has 0 radical (unpaired) electrons. The van der Waals surface area contributed by atoms with Crippen molar-refractivity contribution in [1.82, 2.24) is 0 Å². The Labute approximate surface area is 104 Å². The summed E-state index contributed by atoms with van der Waals surface area (Å²) < 4.78 is 0.771. The average Bonchev–Trinajstić information content (AvgIpc) is 2.31. The van der Waals surface area contributed by atoms with Crippen molar-refractivity contribution in [3.05, 3.63) is 35.9 Å². The van der Waals surface area contributed by atoms with Gasteiger partial charge in [-0.1, -0.05) is 37.3 Å². The average molecular weight is 238 g/mol. The summed E-state index contributed by atoms with van der Waals surface area (Å²) >= 11 is 0. The Morgan fingerprint density at radius 2 is 1.53 bits per heavy atom. The van der Waals surface area contributed by atoms with E-state index in [0.717, 1.165) is 24.0 Å². The van der Waals surface area contributed by atoms with E-state index in [1.54, 1.807) is 0 Å². The highest BCUT2D eigenvalue weighted by atomic mass is 16.3. The van der Waals surface area contributed by atoms with Gasteiger partial charge in [0, 0.05) is 5.56 Å². The molecule has 3 nitrogen and oxygen atoms in total. The van der Waals surface area contributed by atoms with Crippen LogP contribution in [0.25, 0.3) is 0 Å². The quantitative estimate of drug-likeness (QED) is 0.672. The highest BCUT2D eigenvalue weighted by Crippen LogP contribution is 2.15. The molecule has 0 aliphatic carbocycles. The second-order valence-corrected chi connectivity index (χ2v) is 4.60. The van der Waals surface area contributed by atoms with Crippen LogP contribution >= 0.6 is 0 Å². The maximum atomic E-state index is 9.24. The molecule has 0 aliphatic rings.